The lowest BCUT2D eigenvalue weighted by atomic mass is 9.92. The summed E-state index contributed by atoms with van der Waals surface area (Å²) in [6.45, 7) is 3.03. The average Bonchev–Trinajstić information content (AvgIpc) is 2.84. The minimum atomic E-state index is -4.80. The second kappa shape index (κ2) is 10.7. The molecule has 0 bridgehead atoms. The first kappa shape index (κ1) is 25.1. The van der Waals surface area contributed by atoms with Crippen molar-refractivity contribution in [1.29, 1.82) is 0 Å². The normalized spacial score (nSPS) is 15.9. The number of amides is 1. The van der Waals surface area contributed by atoms with Crippen molar-refractivity contribution in [2.24, 2.45) is 5.92 Å². The van der Waals surface area contributed by atoms with Gasteiger partial charge in [0.25, 0.3) is 5.91 Å². The largest absolute Gasteiger partial charge is 0.573 e. The highest BCUT2D eigenvalue weighted by Crippen LogP contribution is 2.33. The molecule has 3 aromatic rings. The molecule has 0 radical (unpaired) electrons. The molecule has 1 aliphatic rings. The zero-order chi connectivity index (χ0) is 25.7. The standard InChI is InChI=1S/C25H24F3N5O3/c1-16(34)9-17-3-2-8-33(14-17)23-22(19-11-29-15-30-12-19)10-18(13-31-23)24(35)32-20-4-6-21(7-5-20)36-25(26,27)28/h4-7,10-13,15,17H,2-3,8-9,14H2,1H3,(H,32,35). The molecule has 36 heavy (non-hydrogen) atoms. The van der Waals surface area contributed by atoms with E-state index in [2.05, 4.69) is 29.9 Å². The summed E-state index contributed by atoms with van der Waals surface area (Å²) in [6, 6.07) is 6.55. The van der Waals surface area contributed by atoms with E-state index in [9.17, 15) is 22.8 Å². The molecule has 11 heteroatoms. The number of carbonyl (C=O) groups excluding carboxylic acids is 2. The fourth-order valence-corrected chi connectivity index (χ4v) is 4.26. The van der Waals surface area contributed by atoms with Crippen molar-refractivity contribution in [2.75, 3.05) is 23.3 Å². The predicted octanol–water partition coefficient (Wildman–Crippen LogP) is 4.89. The minimum absolute atomic E-state index is 0.150. The number of Topliss-reactive ketones (excluding diaryl/α,β-unsaturated/α-hetero) is 1. The van der Waals surface area contributed by atoms with E-state index in [4.69, 9.17) is 0 Å². The van der Waals surface area contributed by atoms with Crippen molar-refractivity contribution in [3.05, 3.63) is 60.8 Å². The van der Waals surface area contributed by atoms with E-state index in [1.54, 1.807) is 25.4 Å². The van der Waals surface area contributed by atoms with Crippen LogP contribution in [0.2, 0.25) is 0 Å². The maximum atomic E-state index is 12.9. The van der Waals surface area contributed by atoms with Gasteiger partial charge in [-0.2, -0.15) is 0 Å². The summed E-state index contributed by atoms with van der Waals surface area (Å²) in [5, 5.41) is 2.66. The van der Waals surface area contributed by atoms with Gasteiger partial charge in [-0.1, -0.05) is 0 Å². The zero-order valence-corrected chi connectivity index (χ0v) is 19.5. The number of piperidine rings is 1. The highest BCUT2D eigenvalue weighted by Gasteiger charge is 2.31. The third kappa shape index (κ3) is 6.55. The van der Waals surface area contributed by atoms with Crippen LogP contribution in [0.1, 0.15) is 36.5 Å². The number of carbonyl (C=O) groups is 2. The first-order valence-corrected chi connectivity index (χ1v) is 11.3. The summed E-state index contributed by atoms with van der Waals surface area (Å²) in [4.78, 5) is 39.4. The maximum Gasteiger partial charge on any atom is 0.573 e. The van der Waals surface area contributed by atoms with Crippen LogP contribution in [0.5, 0.6) is 5.75 Å². The third-order valence-electron chi connectivity index (χ3n) is 5.74. The second-order valence-corrected chi connectivity index (χ2v) is 8.61. The molecule has 1 unspecified atom stereocenters. The molecule has 8 nitrogen and oxygen atoms in total. The predicted molar refractivity (Wildman–Crippen MR) is 127 cm³/mol. The average molecular weight is 499 g/mol. The Labute approximate surface area is 205 Å². The summed E-state index contributed by atoms with van der Waals surface area (Å²) in [6.07, 6.45) is 3.71. The lowest BCUT2D eigenvalue weighted by molar-refractivity contribution is -0.274. The number of hydrogen-bond acceptors (Lipinski definition) is 7. The van der Waals surface area contributed by atoms with Crippen LogP contribution >= 0.6 is 0 Å². The van der Waals surface area contributed by atoms with Crippen LogP contribution in [0.4, 0.5) is 24.7 Å². The Morgan fingerprint density at radius 1 is 1.14 bits per heavy atom. The van der Waals surface area contributed by atoms with Crippen LogP contribution < -0.4 is 15.0 Å². The van der Waals surface area contributed by atoms with Crippen LogP contribution in [0, 0.1) is 5.92 Å². The van der Waals surface area contributed by atoms with Crippen molar-refractivity contribution in [3.63, 3.8) is 0 Å². The highest BCUT2D eigenvalue weighted by atomic mass is 19.4. The molecule has 1 aliphatic heterocycles. The molecule has 188 valence electrons. The number of aromatic nitrogens is 3. The number of nitrogens with one attached hydrogen (secondary N) is 1. The number of anilines is 2. The summed E-state index contributed by atoms with van der Waals surface area (Å²) in [5.41, 5.74) is 1.90. The van der Waals surface area contributed by atoms with Gasteiger partial charge in [-0.05, 0) is 56.0 Å². The van der Waals surface area contributed by atoms with Gasteiger partial charge in [0.1, 0.15) is 23.7 Å². The summed E-state index contributed by atoms with van der Waals surface area (Å²) in [7, 11) is 0. The van der Waals surface area contributed by atoms with E-state index in [0.29, 0.717) is 35.6 Å². The molecule has 0 aliphatic carbocycles. The van der Waals surface area contributed by atoms with Crippen LogP contribution in [-0.2, 0) is 4.79 Å². The molecule has 0 saturated carbocycles. The fourth-order valence-electron chi connectivity index (χ4n) is 4.26. The van der Waals surface area contributed by atoms with Crippen LogP contribution in [0.25, 0.3) is 11.1 Å². The van der Waals surface area contributed by atoms with Crippen molar-refractivity contribution in [2.45, 2.75) is 32.5 Å². The van der Waals surface area contributed by atoms with E-state index >= 15 is 0 Å². The van der Waals surface area contributed by atoms with Gasteiger partial charge in [-0.25, -0.2) is 15.0 Å². The first-order chi connectivity index (χ1) is 17.2. The van der Waals surface area contributed by atoms with Gasteiger partial charge in [0, 0.05) is 54.9 Å². The number of hydrogen-bond donors (Lipinski definition) is 1. The molecule has 1 fully saturated rings. The Hall–Kier alpha value is -4.02. The minimum Gasteiger partial charge on any atom is -0.406 e. The molecule has 1 aromatic carbocycles. The van der Waals surface area contributed by atoms with E-state index in [-0.39, 0.29) is 23.0 Å². The lowest BCUT2D eigenvalue weighted by Crippen LogP contribution is -2.37. The molecule has 1 amide bonds. The lowest BCUT2D eigenvalue weighted by Gasteiger charge is -2.34. The topological polar surface area (TPSA) is 97.3 Å². The first-order valence-electron chi connectivity index (χ1n) is 11.3. The Morgan fingerprint density at radius 2 is 1.86 bits per heavy atom. The van der Waals surface area contributed by atoms with Crippen molar-refractivity contribution in [3.8, 4) is 16.9 Å². The van der Waals surface area contributed by atoms with Gasteiger partial charge in [-0.15, -0.1) is 13.2 Å². The summed E-state index contributed by atoms with van der Waals surface area (Å²) >= 11 is 0. The quantitative estimate of drug-likeness (QED) is 0.495. The number of alkyl halides is 3. The molecule has 2 aromatic heterocycles. The maximum absolute atomic E-state index is 12.9. The van der Waals surface area contributed by atoms with E-state index in [1.165, 1.54) is 24.7 Å². The van der Waals surface area contributed by atoms with E-state index in [0.717, 1.165) is 31.5 Å². The zero-order valence-electron chi connectivity index (χ0n) is 19.5. The third-order valence-corrected chi connectivity index (χ3v) is 5.74. The van der Waals surface area contributed by atoms with Gasteiger partial charge in [0.05, 0.1) is 5.56 Å². The number of benzene rings is 1. The Bertz CT molecular complexity index is 1220. The number of ether oxygens (including phenoxy) is 1. The Kier molecular flexibility index (Phi) is 7.47. The van der Waals surface area contributed by atoms with Gasteiger partial charge in [-0.3, -0.25) is 4.79 Å². The van der Waals surface area contributed by atoms with Gasteiger partial charge >= 0.3 is 6.36 Å². The van der Waals surface area contributed by atoms with Gasteiger partial charge < -0.3 is 19.7 Å². The molecule has 3 heterocycles. The fraction of sp³-hybridized carbons (Fsp3) is 0.320. The Balaban J connectivity index is 1.57. The molecule has 1 saturated heterocycles. The molecular formula is C25H24F3N5O3. The van der Waals surface area contributed by atoms with Crippen LogP contribution in [-0.4, -0.2) is 46.1 Å². The molecule has 1 atom stereocenters. The molecule has 0 spiro atoms. The van der Waals surface area contributed by atoms with Crippen molar-refractivity contribution in [1.82, 2.24) is 15.0 Å². The monoisotopic (exact) mass is 499 g/mol. The van der Waals surface area contributed by atoms with Crippen LogP contribution in [0.3, 0.4) is 0 Å². The SMILES string of the molecule is CC(=O)CC1CCCN(c2ncc(C(=O)Nc3ccc(OC(F)(F)F)cc3)cc2-c2cncnc2)C1. The number of nitrogens with zero attached hydrogens (tertiary/aromatic N) is 4. The number of rotatable bonds is 7. The van der Waals surface area contributed by atoms with Crippen LogP contribution in [0.15, 0.2) is 55.2 Å². The molecule has 1 N–H and O–H groups in total. The number of ketones is 1. The van der Waals surface area contributed by atoms with Gasteiger partial charge in [0.15, 0.2) is 0 Å². The van der Waals surface area contributed by atoms with E-state index in [1.807, 2.05) is 0 Å². The van der Waals surface area contributed by atoms with E-state index < -0.39 is 12.3 Å². The van der Waals surface area contributed by atoms with Crippen molar-refractivity contribution < 1.29 is 27.5 Å². The molecule has 4 rings (SSSR count). The molecular weight excluding hydrogens is 475 g/mol. The number of halogens is 3. The number of pyridine rings is 1. The summed E-state index contributed by atoms with van der Waals surface area (Å²) < 4.78 is 41.0. The smallest absolute Gasteiger partial charge is 0.406 e. The van der Waals surface area contributed by atoms with Crippen molar-refractivity contribution >= 4 is 23.2 Å². The summed E-state index contributed by atoms with van der Waals surface area (Å²) in [5.74, 6) is 0.178. The van der Waals surface area contributed by atoms with Gasteiger partial charge in [0.2, 0.25) is 0 Å². The second-order valence-electron chi connectivity index (χ2n) is 8.61. The highest BCUT2D eigenvalue weighted by molar-refractivity contribution is 6.05. The Morgan fingerprint density at radius 3 is 2.53 bits per heavy atom.